The summed E-state index contributed by atoms with van der Waals surface area (Å²) in [5, 5.41) is 0. The highest BCUT2D eigenvalue weighted by Gasteiger charge is 2.31. The van der Waals surface area contributed by atoms with E-state index >= 15 is 0 Å². The Hall–Kier alpha value is -1.71. The molecule has 0 aromatic heterocycles. The minimum atomic E-state index is -0.952. The van der Waals surface area contributed by atoms with Crippen molar-refractivity contribution in [3.63, 3.8) is 0 Å². The summed E-state index contributed by atoms with van der Waals surface area (Å²) in [7, 11) is 0. The molecule has 0 saturated heterocycles. The van der Waals surface area contributed by atoms with Crippen LogP contribution in [0, 0.1) is 0 Å². The smallest absolute Gasteiger partial charge is 0.389 e. The monoisotopic (exact) mass is 194 g/mol. The van der Waals surface area contributed by atoms with Crippen LogP contribution >= 0.6 is 0 Å². The molecule has 1 aliphatic rings. The number of carbonyl (C=O) groups is 1. The maximum absolute atomic E-state index is 11.2. The van der Waals surface area contributed by atoms with Gasteiger partial charge in [0.05, 0.1) is 6.61 Å². The van der Waals surface area contributed by atoms with Crippen molar-refractivity contribution < 1.29 is 19.0 Å². The van der Waals surface area contributed by atoms with Crippen LogP contribution in [0.1, 0.15) is 6.92 Å². The Kier molecular flexibility index (Phi) is 2.26. The molecule has 1 aromatic rings. The highest BCUT2D eigenvalue weighted by molar-refractivity contribution is 5.75. The highest BCUT2D eigenvalue weighted by Crippen LogP contribution is 2.33. The third kappa shape index (κ3) is 1.51. The third-order valence-electron chi connectivity index (χ3n) is 1.80. The molecule has 1 aromatic carbocycles. The summed E-state index contributed by atoms with van der Waals surface area (Å²) in [5.41, 5.74) is 0. The van der Waals surface area contributed by atoms with Crippen LogP contribution in [-0.2, 0) is 9.53 Å². The second-order valence-corrected chi connectivity index (χ2v) is 2.77. The summed E-state index contributed by atoms with van der Waals surface area (Å²) in [6.07, 6.45) is -0.952. The van der Waals surface area contributed by atoms with Gasteiger partial charge in [-0.15, -0.1) is 0 Å². The Bertz CT molecular complexity index is 323. The molecule has 0 spiro atoms. The molecule has 4 nitrogen and oxygen atoms in total. The van der Waals surface area contributed by atoms with Crippen LogP contribution in [0.4, 0.5) is 0 Å². The van der Waals surface area contributed by atoms with E-state index in [9.17, 15) is 4.79 Å². The van der Waals surface area contributed by atoms with Crippen LogP contribution in [0.25, 0.3) is 0 Å². The van der Waals surface area contributed by atoms with Gasteiger partial charge in [-0.05, 0) is 19.1 Å². The number of rotatable bonds is 2. The normalized spacial score (nSPS) is 14.1. The molecule has 2 rings (SSSR count). The van der Waals surface area contributed by atoms with Crippen LogP contribution in [0.15, 0.2) is 24.3 Å². The topological polar surface area (TPSA) is 44.8 Å². The molecule has 0 unspecified atom stereocenters. The summed E-state index contributed by atoms with van der Waals surface area (Å²) in [6, 6.07) is 7.12. The second kappa shape index (κ2) is 3.57. The zero-order valence-corrected chi connectivity index (χ0v) is 7.73. The van der Waals surface area contributed by atoms with Crippen LogP contribution in [-0.4, -0.2) is 18.9 Å². The Balaban J connectivity index is 2.08. The lowest BCUT2D eigenvalue weighted by Crippen LogP contribution is -2.30. The number of carbonyl (C=O) groups excluding carboxylic acids is 1. The lowest BCUT2D eigenvalue weighted by Gasteiger charge is -2.07. The first kappa shape index (κ1) is 8.87. The summed E-state index contributed by atoms with van der Waals surface area (Å²) in [5.74, 6) is 0.653. The molecule has 4 heteroatoms. The number of hydrogen-bond acceptors (Lipinski definition) is 4. The molecule has 0 amide bonds. The van der Waals surface area contributed by atoms with E-state index in [1.54, 1.807) is 19.1 Å². The van der Waals surface area contributed by atoms with Gasteiger partial charge in [-0.25, -0.2) is 4.79 Å². The van der Waals surface area contributed by atoms with Crippen LogP contribution in [0.2, 0.25) is 0 Å². The predicted octanol–water partition coefficient (Wildman–Crippen LogP) is 1.35. The molecule has 1 heterocycles. The molecule has 0 atom stereocenters. The molecule has 14 heavy (non-hydrogen) atoms. The molecule has 0 N–H and O–H groups in total. The van der Waals surface area contributed by atoms with E-state index in [0.717, 1.165) is 0 Å². The first-order valence-corrected chi connectivity index (χ1v) is 4.40. The molecular formula is C10H10O4. The standard InChI is InChI=1S/C10H10O4/c1-2-12-9(11)10-13-7-5-3-4-6-8(7)14-10/h3-6,10H,2H2,1H3. The van der Waals surface area contributed by atoms with Gasteiger partial charge in [0.25, 0.3) is 0 Å². The van der Waals surface area contributed by atoms with Gasteiger partial charge in [-0.1, -0.05) is 12.1 Å². The second-order valence-electron chi connectivity index (χ2n) is 2.77. The van der Waals surface area contributed by atoms with Crippen molar-refractivity contribution in [2.24, 2.45) is 0 Å². The fourth-order valence-electron chi connectivity index (χ4n) is 1.21. The number of fused-ring (bicyclic) bond motifs is 1. The maximum atomic E-state index is 11.2. The van der Waals surface area contributed by atoms with Crippen molar-refractivity contribution >= 4 is 5.97 Å². The Labute approximate surface area is 81.4 Å². The lowest BCUT2D eigenvalue weighted by molar-refractivity contribution is -0.161. The number of ether oxygens (including phenoxy) is 3. The SMILES string of the molecule is CCOC(=O)C1Oc2ccccc2O1. The molecule has 1 aliphatic heterocycles. The zero-order chi connectivity index (χ0) is 9.97. The number of benzene rings is 1. The average Bonchev–Trinajstić information content (AvgIpc) is 2.61. The van der Waals surface area contributed by atoms with Crippen LogP contribution in [0.5, 0.6) is 11.5 Å². The minimum absolute atomic E-state index is 0.318. The fourth-order valence-corrected chi connectivity index (χ4v) is 1.21. The van der Waals surface area contributed by atoms with Gasteiger partial charge in [0.2, 0.25) is 0 Å². The van der Waals surface area contributed by atoms with E-state index in [-0.39, 0.29) is 0 Å². The molecule has 0 fully saturated rings. The van der Waals surface area contributed by atoms with Gasteiger partial charge in [0, 0.05) is 0 Å². The Morgan fingerprint density at radius 2 is 1.93 bits per heavy atom. The van der Waals surface area contributed by atoms with Crippen LogP contribution in [0.3, 0.4) is 0 Å². The molecule has 0 bridgehead atoms. The van der Waals surface area contributed by atoms with E-state index in [1.165, 1.54) is 0 Å². The van der Waals surface area contributed by atoms with E-state index in [0.29, 0.717) is 18.1 Å². The quantitative estimate of drug-likeness (QED) is 0.666. The van der Waals surface area contributed by atoms with Crippen molar-refractivity contribution in [2.75, 3.05) is 6.61 Å². The van der Waals surface area contributed by atoms with E-state index in [1.807, 2.05) is 12.1 Å². The largest absolute Gasteiger partial charge is 0.460 e. The van der Waals surface area contributed by atoms with E-state index in [4.69, 9.17) is 14.2 Å². The summed E-state index contributed by atoms with van der Waals surface area (Å²) in [6.45, 7) is 2.05. The zero-order valence-electron chi connectivity index (χ0n) is 7.73. The Morgan fingerprint density at radius 1 is 1.36 bits per heavy atom. The molecule has 0 radical (unpaired) electrons. The van der Waals surface area contributed by atoms with Crippen molar-refractivity contribution in [1.82, 2.24) is 0 Å². The first-order chi connectivity index (χ1) is 6.81. The average molecular weight is 194 g/mol. The van der Waals surface area contributed by atoms with Gasteiger partial charge in [0.1, 0.15) is 0 Å². The fraction of sp³-hybridized carbons (Fsp3) is 0.300. The number of para-hydroxylation sites is 2. The summed E-state index contributed by atoms with van der Waals surface area (Å²) < 4.78 is 15.2. The molecule has 0 saturated carbocycles. The van der Waals surface area contributed by atoms with E-state index < -0.39 is 12.3 Å². The van der Waals surface area contributed by atoms with Crippen LogP contribution < -0.4 is 9.47 Å². The van der Waals surface area contributed by atoms with Gasteiger partial charge < -0.3 is 14.2 Å². The Morgan fingerprint density at radius 3 is 2.43 bits per heavy atom. The number of esters is 1. The van der Waals surface area contributed by atoms with Gasteiger partial charge >= 0.3 is 12.3 Å². The van der Waals surface area contributed by atoms with Gasteiger partial charge in [-0.3, -0.25) is 0 Å². The number of hydrogen-bond donors (Lipinski definition) is 0. The van der Waals surface area contributed by atoms with Crippen molar-refractivity contribution in [3.8, 4) is 11.5 Å². The molecular weight excluding hydrogens is 184 g/mol. The van der Waals surface area contributed by atoms with Crippen molar-refractivity contribution in [2.45, 2.75) is 13.2 Å². The summed E-state index contributed by atoms with van der Waals surface area (Å²) >= 11 is 0. The van der Waals surface area contributed by atoms with Gasteiger partial charge in [-0.2, -0.15) is 0 Å². The lowest BCUT2D eigenvalue weighted by atomic mass is 10.3. The maximum Gasteiger partial charge on any atom is 0.389 e. The first-order valence-electron chi connectivity index (χ1n) is 4.40. The van der Waals surface area contributed by atoms with Crippen molar-refractivity contribution in [1.29, 1.82) is 0 Å². The minimum Gasteiger partial charge on any atom is -0.460 e. The molecule has 0 aliphatic carbocycles. The van der Waals surface area contributed by atoms with Gasteiger partial charge in [0.15, 0.2) is 11.5 Å². The predicted molar refractivity (Wildman–Crippen MR) is 48.1 cm³/mol. The molecule has 74 valence electrons. The highest BCUT2D eigenvalue weighted by atomic mass is 16.7. The van der Waals surface area contributed by atoms with E-state index in [2.05, 4.69) is 0 Å². The summed E-state index contributed by atoms with van der Waals surface area (Å²) in [4.78, 5) is 11.2. The third-order valence-corrected chi connectivity index (χ3v) is 1.80. The van der Waals surface area contributed by atoms with Crippen molar-refractivity contribution in [3.05, 3.63) is 24.3 Å².